The van der Waals surface area contributed by atoms with Crippen molar-refractivity contribution in [2.24, 2.45) is 0 Å². The molecule has 0 spiro atoms. The van der Waals surface area contributed by atoms with Gasteiger partial charge in [-0.2, -0.15) is 0 Å². The summed E-state index contributed by atoms with van der Waals surface area (Å²) < 4.78 is 2.97. The van der Waals surface area contributed by atoms with Gasteiger partial charge >= 0.3 is 0 Å². The molecule has 2 aromatic rings. The lowest BCUT2D eigenvalue weighted by molar-refractivity contribution is 0.681. The van der Waals surface area contributed by atoms with E-state index in [0.717, 1.165) is 34.6 Å². The lowest BCUT2D eigenvalue weighted by atomic mass is 10.3. The van der Waals surface area contributed by atoms with Crippen molar-refractivity contribution in [1.29, 1.82) is 0 Å². The first-order valence-corrected chi connectivity index (χ1v) is 6.69. The maximum Gasteiger partial charge on any atom is 0.180 e. The zero-order valence-corrected chi connectivity index (χ0v) is 12.3. The fraction of sp³-hybridized carbons (Fsp3) is 0.417. The maximum absolute atomic E-state index is 4.51. The molecular weight excluding hydrogens is 294 g/mol. The van der Waals surface area contributed by atoms with Crippen molar-refractivity contribution < 1.29 is 0 Å². The smallest absolute Gasteiger partial charge is 0.180 e. The van der Waals surface area contributed by atoms with Crippen LogP contribution in [-0.4, -0.2) is 26.6 Å². The first kappa shape index (κ1) is 13.0. The summed E-state index contributed by atoms with van der Waals surface area (Å²) in [7, 11) is 1.85. The van der Waals surface area contributed by atoms with E-state index in [9.17, 15) is 0 Å². The number of nitrogens with one attached hydrogen (secondary N) is 1. The monoisotopic (exact) mass is 309 g/mol. The van der Waals surface area contributed by atoms with Gasteiger partial charge in [-0.1, -0.05) is 6.92 Å². The zero-order valence-electron chi connectivity index (χ0n) is 10.7. The van der Waals surface area contributed by atoms with E-state index in [1.54, 1.807) is 6.20 Å². The Morgan fingerprint density at radius 2 is 2.17 bits per heavy atom. The Balaban J connectivity index is 2.50. The second kappa shape index (κ2) is 5.48. The lowest BCUT2D eigenvalue weighted by Gasteiger charge is -2.10. The van der Waals surface area contributed by atoms with Crippen LogP contribution in [-0.2, 0) is 6.54 Å². The number of hydrogen-bond acceptors (Lipinski definition) is 4. The van der Waals surface area contributed by atoms with Crippen LogP contribution in [0.2, 0.25) is 0 Å². The molecule has 2 aromatic heterocycles. The number of aromatic nitrogens is 4. The summed E-state index contributed by atoms with van der Waals surface area (Å²) in [6.45, 7) is 5.01. The summed E-state index contributed by atoms with van der Waals surface area (Å²) in [5, 5.41) is 3.06. The standard InChI is InChI=1S/C12H16BrN5/c1-4-5-18-7-15-6-9(18)11-16-8(2)10(13)12(14-3)17-11/h6-7H,4-5H2,1-3H3,(H,14,16,17). The van der Waals surface area contributed by atoms with Crippen LogP contribution in [0.3, 0.4) is 0 Å². The predicted octanol–water partition coefficient (Wildman–Crippen LogP) is 2.86. The van der Waals surface area contributed by atoms with Gasteiger partial charge in [0.1, 0.15) is 11.5 Å². The van der Waals surface area contributed by atoms with Gasteiger partial charge in [0.15, 0.2) is 5.82 Å². The molecule has 2 heterocycles. The molecule has 0 fully saturated rings. The van der Waals surface area contributed by atoms with Gasteiger partial charge in [0.05, 0.1) is 22.7 Å². The Labute approximate surface area is 115 Å². The lowest BCUT2D eigenvalue weighted by Crippen LogP contribution is -2.04. The van der Waals surface area contributed by atoms with Crippen LogP contribution in [0.15, 0.2) is 17.0 Å². The van der Waals surface area contributed by atoms with Gasteiger partial charge < -0.3 is 9.88 Å². The molecule has 0 aliphatic heterocycles. The van der Waals surface area contributed by atoms with E-state index in [1.807, 2.05) is 20.3 Å². The number of aryl methyl sites for hydroxylation is 2. The van der Waals surface area contributed by atoms with Crippen molar-refractivity contribution in [3.8, 4) is 11.5 Å². The van der Waals surface area contributed by atoms with Crippen molar-refractivity contribution in [2.75, 3.05) is 12.4 Å². The summed E-state index contributed by atoms with van der Waals surface area (Å²) in [5.41, 5.74) is 1.86. The van der Waals surface area contributed by atoms with E-state index in [4.69, 9.17) is 0 Å². The van der Waals surface area contributed by atoms with E-state index in [0.29, 0.717) is 5.82 Å². The van der Waals surface area contributed by atoms with Crippen LogP contribution < -0.4 is 5.32 Å². The number of rotatable bonds is 4. The molecule has 0 saturated heterocycles. The quantitative estimate of drug-likeness (QED) is 0.943. The Morgan fingerprint density at radius 3 is 2.83 bits per heavy atom. The minimum Gasteiger partial charge on any atom is -0.372 e. The van der Waals surface area contributed by atoms with E-state index >= 15 is 0 Å². The number of hydrogen-bond donors (Lipinski definition) is 1. The average molecular weight is 310 g/mol. The van der Waals surface area contributed by atoms with Gasteiger partial charge in [-0.15, -0.1) is 0 Å². The summed E-state index contributed by atoms with van der Waals surface area (Å²) in [5.74, 6) is 1.49. The maximum atomic E-state index is 4.51. The Bertz CT molecular complexity index is 549. The summed E-state index contributed by atoms with van der Waals surface area (Å²) >= 11 is 3.48. The zero-order chi connectivity index (χ0) is 13.1. The van der Waals surface area contributed by atoms with Crippen LogP contribution in [0.4, 0.5) is 5.82 Å². The number of anilines is 1. The highest BCUT2D eigenvalue weighted by molar-refractivity contribution is 9.10. The molecule has 0 aromatic carbocycles. The second-order valence-electron chi connectivity index (χ2n) is 4.02. The van der Waals surface area contributed by atoms with Crippen LogP contribution >= 0.6 is 15.9 Å². The molecule has 96 valence electrons. The average Bonchev–Trinajstić information content (AvgIpc) is 2.81. The third-order valence-corrected chi connectivity index (χ3v) is 3.61. The van der Waals surface area contributed by atoms with Gasteiger partial charge in [0.2, 0.25) is 0 Å². The van der Waals surface area contributed by atoms with Gasteiger partial charge in [0.25, 0.3) is 0 Å². The Morgan fingerprint density at radius 1 is 1.39 bits per heavy atom. The Kier molecular flexibility index (Phi) is 3.96. The first-order chi connectivity index (χ1) is 8.67. The van der Waals surface area contributed by atoms with Gasteiger partial charge in [-0.05, 0) is 29.3 Å². The van der Waals surface area contributed by atoms with Crippen LogP contribution in [0, 0.1) is 6.92 Å². The molecule has 0 atom stereocenters. The number of nitrogens with zero attached hydrogens (tertiary/aromatic N) is 4. The van der Waals surface area contributed by atoms with Crippen molar-refractivity contribution >= 4 is 21.7 Å². The van der Waals surface area contributed by atoms with Crippen LogP contribution in [0.1, 0.15) is 19.0 Å². The molecule has 0 saturated carbocycles. The highest BCUT2D eigenvalue weighted by Gasteiger charge is 2.12. The van der Waals surface area contributed by atoms with E-state index in [-0.39, 0.29) is 0 Å². The van der Waals surface area contributed by atoms with Gasteiger partial charge in [-0.3, -0.25) is 0 Å². The molecule has 2 rings (SSSR count). The number of halogens is 1. The third kappa shape index (κ3) is 2.38. The Hall–Kier alpha value is -1.43. The predicted molar refractivity (Wildman–Crippen MR) is 75.5 cm³/mol. The SMILES string of the molecule is CCCn1cncc1-c1nc(C)c(Br)c(NC)n1. The fourth-order valence-electron chi connectivity index (χ4n) is 1.77. The molecule has 0 amide bonds. The minimum absolute atomic E-state index is 0.700. The van der Waals surface area contributed by atoms with Crippen molar-refractivity contribution in [3.63, 3.8) is 0 Å². The van der Waals surface area contributed by atoms with Crippen molar-refractivity contribution in [3.05, 3.63) is 22.7 Å². The minimum atomic E-state index is 0.700. The fourth-order valence-corrected chi connectivity index (χ4v) is 2.14. The molecule has 5 nitrogen and oxygen atoms in total. The summed E-state index contributed by atoms with van der Waals surface area (Å²) in [6.07, 6.45) is 4.67. The molecule has 6 heteroatoms. The molecular formula is C12H16BrN5. The molecule has 0 aliphatic rings. The largest absolute Gasteiger partial charge is 0.372 e. The van der Waals surface area contributed by atoms with E-state index in [2.05, 4.69) is 47.7 Å². The molecule has 18 heavy (non-hydrogen) atoms. The summed E-state index contributed by atoms with van der Waals surface area (Å²) in [4.78, 5) is 13.2. The highest BCUT2D eigenvalue weighted by atomic mass is 79.9. The molecule has 0 unspecified atom stereocenters. The topological polar surface area (TPSA) is 55.6 Å². The molecule has 0 bridgehead atoms. The van der Waals surface area contributed by atoms with E-state index in [1.165, 1.54) is 0 Å². The van der Waals surface area contributed by atoms with Crippen LogP contribution in [0.25, 0.3) is 11.5 Å². The van der Waals surface area contributed by atoms with Gasteiger partial charge in [0, 0.05) is 13.6 Å². The highest BCUT2D eigenvalue weighted by Crippen LogP contribution is 2.26. The van der Waals surface area contributed by atoms with Crippen molar-refractivity contribution in [1.82, 2.24) is 19.5 Å². The van der Waals surface area contributed by atoms with Gasteiger partial charge in [-0.25, -0.2) is 15.0 Å². The second-order valence-corrected chi connectivity index (χ2v) is 4.81. The van der Waals surface area contributed by atoms with Crippen molar-refractivity contribution in [2.45, 2.75) is 26.8 Å². The molecule has 0 radical (unpaired) electrons. The number of imidazole rings is 1. The van der Waals surface area contributed by atoms with Crippen LogP contribution in [0.5, 0.6) is 0 Å². The normalized spacial score (nSPS) is 10.7. The first-order valence-electron chi connectivity index (χ1n) is 5.89. The third-order valence-electron chi connectivity index (χ3n) is 2.66. The summed E-state index contributed by atoms with van der Waals surface area (Å²) in [6, 6.07) is 0. The molecule has 1 N–H and O–H groups in total. The molecule has 0 aliphatic carbocycles. The van der Waals surface area contributed by atoms with E-state index < -0.39 is 0 Å².